The van der Waals surface area contributed by atoms with Gasteiger partial charge in [-0.1, -0.05) is 0 Å². The van der Waals surface area contributed by atoms with E-state index in [1.54, 1.807) is 0 Å². The predicted octanol–water partition coefficient (Wildman–Crippen LogP) is 3.54. The highest BCUT2D eigenvalue weighted by atomic mass is 19.3. The second-order valence-electron chi connectivity index (χ2n) is 4.54. The van der Waals surface area contributed by atoms with Crippen molar-refractivity contribution >= 4 is 0 Å². The number of hydrogen-bond acceptors (Lipinski definition) is 2. The van der Waals surface area contributed by atoms with E-state index in [9.17, 15) is 35.1 Å². The summed E-state index contributed by atoms with van der Waals surface area (Å²) in [6, 6.07) is 0. The summed E-state index contributed by atoms with van der Waals surface area (Å²) in [5.74, 6) is -18.5. The molecule has 2 nitrogen and oxygen atoms in total. The van der Waals surface area contributed by atoms with Crippen LogP contribution in [-0.4, -0.2) is 29.0 Å². The highest BCUT2D eigenvalue weighted by molar-refractivity contribution is 5.32. The Morgan fingerprint density at radius 3 is 1.32 bits per heavy atom. The summed E-state index contributed by atoms with van der Waals surface area (Å²) in [6.07, 6.45) is -2.80. The molecule has 10 heteroatoms. The Balaban J connectivity index is 2.73. The van der Waals surface area contributed by atoms with Gasteiger partial charge in [0.25, 0.3) is 0 Å². The van der Waals surface area contributed by atoms with Crippen LogP contribution >= 0.6 is 0 Å². The maximum Gasteiger partial charge on any atom is 0.380 e. The first-order valence-electron chi connectivity index (χ1n) is 4.83. The summed E-state index contributed by atoms with van der Waals surface area (Å²) < 4.78 is 113. The number of rotatable bonds is 0. The molecule has 0 amide bonds. The van der Waals surface area contributed by atoms with Crippen molar-refractivity contribution in [2.75, 3.05) is 0 Å². The van der Waals surface area contributed by atoms with Crippen molar-refractivity contribution in [2.45, 2.75) is 42.8 Å². The van der Waals surface area contributed by atoms with E-state index in [4.69, 9.17) is 0 Å². The highest BCUT2D eigenvalue weighted by Crippen LogP contribution is 2.70. The Bertz CT molecular complexity index is 435. The van der Waals surface area contributed by atoms with Crippen LogP contribution in [0.25, 0.3) is 0 Å². The minimum Gasteiger partial charge on any atom is -0.444 e. The number of ether oxygens (including phenoxy) is 2. The van der Waals surface area contributed by atoms with Crippen LogP contribution in [-0.2, 0) is 9.47 Å². The number of hydrogen-bond donors (Lipinski definition) is 0. The van der Waals surface area contributed by atoms with Crippen LogP contribution in [0.3, 0.4) is 0 Å². The van der Waals surface area contributed by atoms with Gasteiger partial charge in [0, 0.05) is 0 Å². The van der Waals surface area contributed by atoms with Crippen molar-refractivity contribution in [1.29, 1.82) is 0 Å². The minimum atomic E-state index is -5.80. The zero-order valence-electron chi connectivity index (χ0n) is 9.34. The summed E-state index contributed by atoms with van der Waals surface area (Å²) in [4.78, 5) is 0. The first-order valence-corrected chi connectivity index (χ1v) is 4.83. The van der Waals surface area contributed by atoms with Gasteiger partial charge in [0.15, 0.2) is 0 Å². The number of alkyl halides is 6. The number of fused-ring (bicyclic) bond motifs is 1. The first kappa shape index (κ1) is 14.2. The molecule has 2 unspecified atom stereocenters. The monoisotopic (exact) mass is 298 g/mol. The predicted molar refractivity (Wildman–Crippen MR) is 43.1 cm³/mol. The van der Waals surface area contributed by atoms with Gasteiger partial charge in [0.05, 0.1) is 0 Å². The molecule has 2 atom stereocenters. The average Bonchev–Trinajstić information content (AvgIpc) is 2.56. The van der Waals surface area contributed by atoms with Crippen molar-refractivity contribution in [1.82, 2.24) is 0 Å². The molecule has 1 heterocycles. The minimum absolute atomic E-state index is 0.178. The van der Waals surface area contributed by atoms with E-state index in [1.807, 2.05) is 0 Å². The fraction of sp³-hybridized carbons (Fsp3) is 0.778. The number of halogens is 8. The smallest absolute Gasteiger partial charge is 0.380 e. The van der Waals surface area contributed by atoms with Crippen molar-refractivity contribution in [3.05, 3.63) is 12.0 Å². The molecular weight excluding hydrogens is 292 g/mol. The quantitative estimate of drug-likeness (QED) is 0.637. The van der Waals surface area contributed by atoms with E-state index in [-0.39, 0.29) is 13.8 Å². The van der Waals surface area contributed by atoms with Gasteiger partial charge in [-0.05, 0) is 13.8 Å². The molecule has 0 spiro atoms. The maximum atomic E-state index is 13.5. The lowest BCUT2D eigenvalue weighted by Gasteiger charge is -2.32. The lowest BCUT2D eigenvalue weighted by Crippen LogP contribution is -2.56. The highest BCUT2D eigenvalue weighted by Gasteiger charge is 2.99. The summed E-state index contributed by atoms with van der Waals surface area (Å²) in [5.41, 5.74) is -7.27. The van der Waals surface area contributed by atoms with Crippen LogP contribution < -0.4 is 0 Å². The molecular formula is C9H6F8O2. The van der Waals surface area contributed by atoms with Gasteiger partial charge >= 0.3 is 29.8 Å². The van der Waals surface area contributed by atoms with Crippen LogP contribution in [0, 0.1) is 0 Å². The zero-order chi connectivity index (χ0) is 15.1. The van der Waals surface area contributed by atoms with Crippen molar-refractivity contribution in [2.24, 2.45) is 0 Å². The van der Waals surface area contributed by atoms with Crippen LogP contribution in [0.2, 0.25) is 0 Å². The lowest BCUT2D eigenvalue weighted by molar-refractivity contribution is -0.308. The lowest BCUT2D eigenvalue weighted by atomic mass is 9.86. The fourth-order valence-electron chi connectivity index (χ4n) is 2.19. The molecule has 19 heavy (non-hydrogen) atoms. The van der Waals surface area contributed by atoms with E-state index in [2.05, 4.69) is 9.47 Å². The Morgan fingerprint density at radius 2 is 1.05 bits per heavy atom. The second kappa shape index (κ2) is 3.09. The topological polar surface area (TPSA) is 18.5 Å². The van der Waals surface area contributed by atoms with E-state index in [0.29, 0.717) is 0 Å². The molecule has 0 bridgehead atoms. The summed E-state index contributed by atoms with van der Waals surface area (Å²) in [7, 11) is 0. The molecule has 0 N–H and O–H groups in total. The first-order chi connectivity index (χ1) is 8.26. The molecule has 0 radical (unpaired) electrons. The van der Waals surface area contributed by atoms with Crippen molar-refractivity contribution in [3.8, 4) is 0 Å². The fourth-order valence-corrected chi connectivity index (χ4v) is 2.19. The SMILES string of the molecule is CC12OC(=C(F)F)OC1(C)C(F)(F)C(F)(F)C2(F)F. The summed E-state index contributed by atoms with van der Waals surface area (Å²) in [5, 5.41) is 0. The van der Waals surface area contributed by atoms with E-state index in [1.165, 1.54) is 0 Å². The van der Waals surface area contributed by atoms with Gasteiger partial charge in [-0.2, -0.15) is 35.1 Å². The van der Waals surface area contributed by atoms with Crippen molar-refractivity contribution in [3.63, 3.8) is 0 Å². The van der Waals surface area contributed by atoms with Gasteiger partial charge in [0.1, 0.15) is 0 Å². The molecule has 1 saturated carbocycles. The van der Waals surface area contributed by atoms with Gasteiger partial charge in [0.2, 0.25) is 11.2 Å². The molecule has 0 aromatic heterocycles. The van der Waals surface area contributed by atoms with Gasteiger partial charge in [-0.15, -0.1) is 0 Å². The molecule has 110 valence electrons. The van der Waals surface area contributed by atoms with Crippen LogP contribution in [0.5, 0.6) is 0 Å². The van der Waals surface area contributed by atoms with E-state index >= 15 is 0 Å². The largest absolute Gasteiger partial charge is 0.444 e. The third-order valence-corrected chi connectivity index (χ3v) is 3.65. The average molecular weight is 298 g/mol. The molecule has 1 aliphatic carbocycles. The molecule has 2 fully saturated rings. The van der Waals surface area contributed by atoms with Gasteiger partial charge in [-0.3, -0.25) is 0 Å². The van der Waals surface area contributed by atoms with E-state index in [0.717, 1.165) is 0 Å². The van der Waals surface area contributed by atoms with Gasteiger partial charge in [-0.25, -0.2) is 0 Å². The Kier molecular flexibility index (Phi) is 2.31. The van der Waals surface area contributed by atoms with E-state index < -0.39 is 41.0 Å². The Hall–Kier alpha value is -1.22. The van der Waals surface area contributed by atoms with Crippen LogP contribution in [0.4, 0.5) is 35.1 Å². The van der Waals surface area contributed by atoms with Crippen LogP contribution in [0.15, 0.2) is 12.0 Å². The standard InChI is InChI=1S/C9H6F8O2/c1-5-6(2,19-4(18-5)3(10)11)8(14,15)9(16,17)7(5,12)13/h1-2H3. The van der Waals surface area contributed by atoms with Crippen LogP contribution in [0.1, 0.15) is 13.8 Å². The second-order valence-corrected chi connectivity index (χ2v) is 4.54. The molecule has 0 aromatic rings. The zero-order valence-corrected chi connectivity index (χ0v) is 9.34. The molecule has 2 rings (SSSR count). The Morgan fingerprint density at radius 1 is 0.737 bits per heavy atom. The third-order valence-electron chi connectivity index (χ3n) is 3.65. The molecule has 1 saturated heterocycles. The molecule has 1 aliphatic heterocycles. The Labute approximate surface area is 101 Å². The maximum absolute atomic E-state index is 13.5. The normalized spacial score (nSPS) is 41.5. The summed E-state index contributed by atoms with van der Waals surface area (Å²) >= 11 is 0. The summed E-state index contributed by atoms with van der Waals surface area (Å²) in [6.45, 7) is 0.357. The molecule has 0 aromatic carbocycles. The third kappa shape index (κ3) is 1.10. The van der Waals surface area contributed by atoms with Gasteiger partial charge < -0.3 is 9.47 Å². The molecule has 2 aliphatic rings. The van der Waals surface area contributed by atoms with Crippen molar-refractivity contribution < 1.29 is 44.6 Å².